The van der Waals surface area contributed by atoms with Gasteiger partial charge in [0.1, 0.15) is 5.75 Å². The summed E-state index contributed by atoms with van der Waals surface area (Å²) in [7, 11) is 0. The van der Waals surface area contributed by atoms with E-state index in [1.807, 2.05) is 49.4 Å². The number of ether oxygens (including phenoxy) is 1. The maximum atomic E-state index is 11.0. The molecule has 0 radical (unpaired) electrons. The van der Waals surface area contributed by atoms with E-state index in [-0.39, 0.29) is 11.6 Å². The fourth-order valence-electron chi connectivity index (χ4n) is 2.80. The highest BCUT2D eigenvalue weighted by Gasteiger charge is 2.18. The monoisotopic (exact) mass is 310 g/mol. The Kier molecular flexibility index (Phi) is 4.28. The zero-order valence-corrected chi connectivity index (χ0v) is 12.9. The molecule has 0 amide bonds. The van der Waals surface area contributed by atoms with E-state index in [2.05, 4.69) is 5.18 Å². The van der Waals surface area contributed by atoms with E-state index in [9.17, 15) is 10.0 Å². The van der Waals surface area contributed by atoms with Crippen molar-refractivity contribution in [1.29, 1.82) is 0 Å². The Hall–Kier alpha value is -2.82. The highest BCUT2D eigenvalue weighted by molar-refractivity contribution is 5.96. The van der Waals surface area contributed by atoms with Gasteiger partial charge in [0.2, 0.25) is 5.88 Å². The minimum absolute atomic E-state index is 0.0796. The van der Waals surface area contributed by atoms with E-state index in [1.165, 1.54) is 0 Å². The van der Waals surface area contributed by atoms with Crippen molar-refractivity contribution in [2.75, 3.05) is 6.61 Å². The van der Waals surface area contributed by atoms with Gasteiger partial charge in [-0.05, 0) is 36.2 Å². The zero-order valence-electron chi connectivity index (χ0n) is 12.9. The number of para-hydroxylation sites is 2. The number of benzene rings is 2. The van der Waals surface area contributed by atoms with Crippen LogP contribution in [0.5, 0.6) is 11.6 Å². The van der Waals surface area contributed by atoms with Crippen molar-refractivity contribution in [3.63, 3.8) is 0 Å². The Morgan fingerprint density at radius 1 is 1.13 bits per heavy atom. The molecule has 0 aliphatic heterocycles. The maximum absolute atomic E-state index is 11.0. The SMILES string of the molecule is Cc1cccc2c(N=O)c(O)n(CCCOc3ccccc3)c12. The second-order valence-corrected chi connectivity index (χ2v) is 5.40. The molecule has 5 heteroatoms. The van der Waals surface area contributed by atoms with Crippen LogP contribution < -0.4 is 4.74 Å². The molecule has 0 saturated heterocycles. The third-order valence-corrected chi connectivity index (χ3v) is 3.86. The van der Waals surface area contributed by atoms with Gasteiger partial charge in [-0.2, -0.15) is 0 Å². The van der Waals surface area contributed by atoms with Crippen molar-refractivity contribution in [1.82, 2.24) is 4.57 Å². The molecule has 0 unspecified atom stereocenters. The lowest BCUT2D eigenvalue weighted by Crippen LogP contribution is -2.04. The van der Waals surface area contributed by atoms with Gasteiger partial charge in [-0.15, -0.1) is 4.91 Å². The molecule has 0 aliphatic rings. The van der Waals surface area contributed by atoms with E-state index in [0.29, 0.717) is 25.0 Å². The third-order valence-electron chi connectivity index (χ3n) is 3.86. The predicted molar refractivity (Wildman–Crippen MR) is 90.3 cm³/mol. The van der Waals surface area contributed by atoms with Crippen LogP contribution in [0.15, 0.2) is 53.7 Å². The summed E-state index contributed by atoms with van der Waals surface area (Å²) in [5.41, 5.74) is 1.95. The molecule has 1 N–H and O–H groups in total. The molecule has 0 atom stereocenters. The molecule has 3 rings (SSSR count). The van der Waals surface area contributed by atoms with E-state index < -0.39 is 0 Å². The highest BCUT2D eigenvalue weighted by atomic mass is 16.5. The summed E-state index contributed by atoms with van der Waals surface area (Å²) in [4.78, 5) is 11.0. The summed E-state index contributed by atoms with van der Waals surface area (Å²) < 4.78 is 7.39. The van der Waals surface area contributed by atoms with Gasteiger partial charge in [0, 0.05) is 11.9 Å². The van der Waals surface area contributed by atoms with Crippen molar-refractivity contribution in [3.05, 3.63) is 59.0 Å². The molecule has 0 bridgehead atoms. The second kappa shape index (κ2) is 6.52. The number of rotatable bonds is 6. The Bertz CT molecular complexity index is 825. The van der Waals surface area contributed by atoms with Crippen molar-refractivity contribution in [2.45, 2.75) is 19.9 Å². The standard InChI is InChI=1S/C18H18N2O3/c1-13-7-5-10-15-16(19-22)18(21)20(17(13)15)11-6-12-23-14-8-3-2-4-9-14/h2-5,7-10,21H,6,11-12H2,1H3. The zero-order chi connectivity index (χ0) is 16.2. The molecule has 0 fully saturated rings. The van der Waals surface area contributed by atoms with Crippen LogP contribution in [0, 0.1) is 11.8 Å². The summed E-state index contributed by atoms with van der Waals surface area (Å²) in [6.45, 7) is 3.03. The van der Waals surface area contributed by atoms with Gasteiger partial charge in [-0.1, -0.05) is 36.4 Å². The topological polar surface area (TPSA) is 63.8 Å². The normalized spacial score (nSPS) is 10.8. The molecule has 3 aromatic rings. The first kappa shape index (κ1) is 15.1. The molecule has 2 aromatic carbocycles. The minimum Gasteiger partial charge on any atom is -0.494 e. The lowest BCUT2D eigenvalue weighted by molar-refractivity contribution is 0.298. The van der Waals surface area contributed by atoms with Crippen molar-refractivity contribution in [3.8, 4) is 11.6 Å². The third kappa shape index (κ3) is 2.90. The number of hydrogen-bond donors (Lipinski definition) is 1. The van der Waals surface area contributed by atoms with Crippen molar-refractivity contribution < 1.29 is 9.84 Å². The van der Waals surface area contributed by atoms with Crippen molar-refractivity contribution >= 4 is 16.6 Å². The number of nitroso groups, excluding NO2 is 1. The average Bonchev–Trinajstić information content (AvgIpc) is 2.85. The van der Waals surface area contributed by atoms with Gasteiger partial charge in [0.25, 0.3) is 0 Å². The molecule has 1 heterocycles. The van der Waals surface area contributed by atoms with E-state index in [1.54, 1.807) is 10.6 Å². The Labute approximate surface area is 134 Å². The summed E-state index contributed by atoms with van der Waals surface area (Å²) in [6, 6.07) is 15.2. The number of aryl methyl sites for hydroxylation is 2. The smallest absolute Gasteiger partial charge is 0.222 e. The van der Waals surface area contributed by atoms with Crippen LogP contribution in [0.4, 0.5) is 5.69 Å². The molecule has 0 spiro atoms. The molecule has 0 saturated carbocycles. The van der Waals surface area contributed by atoms with E-state index in [4.69, 9.17) is 4.74 Å². The number of hydrogen-bond acceptors (Lipinski definition) is 4. The number of nitrogens with zero attached hydrogens (tertiary/aromatic N) is 2. The molecule has 118 valence electrons. The highest BCUT2D eigenvalue weighted by Crippen LogP contribution is 2.39. The molecular formula is C18H18N2O3. The molecular weight excluding hydrogens is 292 g/mol. The number of fused-ring (bicyclic) bond motifs is 1. The van der Waals surface area contributed by atoms with Crippen LogP contribution in [0.1, 0.15) is 12.0 Å². The van der Waals surface area contributed by atoms with Gasteiger partial charge < -0.3 is 14.4 Å². The van der Waals surface area contributed by atoms with Gasteiger partial charge in [0.15, 0.2) is 5.69 Å². The average molecular weight is 310 g/mol. The first-order chi connectivity index (χ1) is 11.2. The summed E-state index contributed by atoms with van der Waals surface area (Å²) >= 11 is 0. The van der Waals surface area contributed by atoms with E-state index >= 15 is 0 Å². The van der Waals surface area contributed by atoms with E-state index in [0.717, 1.165) is 16.8 Å². The fourth-order valence-corrected chi connectivity index (χ4v) is 2.80. The lowest BCUT2D eigenvalue weighted by atomic mass is 10.1. The van der Waals surface area contributed by atoms with Crippen molar-refractivity contribution in [2.24, 2.45) is 5.18 Å². The van der Waals surface area contributed by atoms with Gasteiger partial charge in [0.05, 0.1) is 12.1 Å². The number of aromatic nitrogens is 1. The van der Waals surface area contributed by atoms with Crippen LogP contribution in [0.25, 0.3) is 10.9 Å². The van der Waals surface area contributed by atoms with Crippen LogP contribution in [-0.2, 0) is 6.54 Å². The molecule has 1 aromatic heterocycles. The Morgan fingerprint density at radius 2 is 1.91 bits per heavy atom. The summed E-state index contributed by atoms with van der Waals surface area (Å²) in [5, 5.41) is 13.9. The van der Waals surface area contributed by atoms with Crippen LogP contribution in [0.3, 0.4) is 0 Å². The molecule has 23 heavy (non-hydrogen) atoms. The first-order valence-corrected chi connectivity index (χ1v) is 7.54. The van der Waals surface area contributed by atoms with Gasteiger partial charge in [-0.3, -0.25) is 0 Å². The van der Waals surface area contributed by atoms with Gasteiger partial charge in [-0.25, -0.2) is 0 Å². The summed E-state index contributed by atoms with van der Waals surface area (Å²) in [5.74, 6) is 0.740. The van der Waals surface area contributed by atoms with Gasteiger partial charge >= 0.3 is 0 Å². The Balaban J connectivity index is 1.77. The molecule has 5 nitrogen and oxygen atoms in total. The number of aromatic hydroxyl groups is 1. The fraction of sp³-hybridized carbons (Fsp3) is 0.222. The van der Waals surface area contributed by atoms with Crippen LogP contribution in [-0.4, -0.2) is 16.3 Å². The predicted octanol–water partition coefficient (Wildman–Crippen LogP) is 4.52. The van der Waals surface area contributed by atoms with Crippen LogP contribution >= 0.6 is 0 Å². The minimum atomic E-state index is -0.0796. The molecule has 0 aliphatic carbocycles. The quantitative estimate of drug-likeness (QED) is 0.537. The maximum Gasteiger partial charge on any atom is 0.222 e. The largest absolute Gasteiger partial charge is 0.494 e. The van der Waals surface area contributed by atoms with Crippen LogP contribution in [0.2, 0.25) is 0 Å². The summed E-state index contributed by atoms with van der Waals surface area (Å²) in [6.07, 6.45) is 0.707. The second-order valence-electron chi connectivity index (χ2n) is 5.40. The Morgan fingerprint density at radius 3 is 2.65 bits per heavy atom. The first-order valence-electron chi connectivity index (χ1n) is 7.54. The lowest BCUT2D eigenvalue weighted by Gasteiger charge is -2.10.